The number of carbonyl (C=O) groups excluding carboxylic acids is 1. The van der Waals surface area contributed by atoms with Crippen LogP contribution < -0.4 is 15.0 Å². The van der Waals surface area contributed by atoms with Gasteiger partial charge >= 0.3 is 0 Å². The normalized spacial score (nSPS) is 17.4. The van der Waals surface area contributed by atoms with Gasteiger partial charge in [0, 0.05) is 41.3 Å². The number of methoxy groups -OCH3 is 2. The molecule has 8 heteroatoms. The molecule has 1 saturated heterocycles. The molecular weight excluding hydrogens is 437 g/mol. The van der Waals surface area contributed by atoms with Crippen LogP contribution in [0.2, 0.25) is 0 Å². The van der Waals surface area contributed by atoms with E-state index < -0.39 is 42.9 Å². The van der Waals surface area contributed by atoms with E-state index in [0.717, 1.165) is 36.0 Å². The molecule has 0 atom stereocenters. The van der Waals surface area contributed by atoms with E-state index in [1.165, 1.54) is 12.3 Å². The zero-order chi connectivity index (χ0) is 29.0. The van der Waals surface area contributed by atoms with Gasteiger partial charge in [-0.25, -0.2) is 4.39 Å². The highest BCUT2D eigenvalue weighted by molar-refractivity contribution is 6.07. The van der Waals surface area contributed by atoms with Crippen LogP contribution in [0.25, 0.3) is 27.4 Å². The molecule has 2 aromatic carbocycles. The van der Waals surface area contributed by atoms with Crippen LogP contribution in [0, 0.1) is 12.7 Å². The number of piperidine rings is 1. The van der Waals surface area contributed by atoms with Crippen LogP contribution in [-0.2, 0) is 0 Å². The third kappa shape index (κ3) is 3.50. The summed E-state index contributed by atoms with van der Waals surface area (Å²) >= 11 is 0. The van der Waals surface area contributed by atoms with Crippen LogP contribution >= 0.6 is 0 Å². The highest BCUT2D eigenvalue weighted by atomic mass is 19.1. The maximum Gasteiger partial charge on any atom is 0.263 e. The Hall–Kier alpha value is -3.81. The molecule has 1 aliphatic rings. The largest absolute Gasteiger partial charge is 0.493 e. The van der Waals surface area contributed by atoms with Crippen LogP contribution in [0.1, 0.15) is 43.5 Å². The zero-order valence-corrected chi connectivity index (χ0v) is 18.4. The van der Waals surface area contributed by atoms with Gasteiger partial charge in [0.1, 0.15) is 0 Å². The second kappa shape index (κ2) is 8.52. The molecule has 1 fully saturated rings. The molecule has 0 spiro atoms. The van der Waals surface area contributed by atoms with Crippen molar-refractivity contribution in [2.24, 2.45) is 0 Å². The number of ether oxygens (including phenoxy) is 2. The van der Waals surface area contributed by atoms with Crippen molar-refractivity contribution in [1.82, 2.24) is 14.5 Å². The van der Waals surface area contributed by atoms with Crippen molar-refractivity contribution in [1.29, 1.82) is 0 Å². The highest BCUT2D eigenvalue weighted by Gasteiger charge is 2.25. The Labute approximate surface area is 204 Å². The number of likely N-dealkylation sites (tertiary alicyclic amines) is 1. The average molecular weight is 470 g/mol. The van der Waals surface area contributed by atoms with Gasteiger partial charge in [-0.2, -0.15) is 0 Å². The molecule has 34 heavy (non-hydrogen) atoms. The topological polar surface area (TPSA) is 76.6 Å². The summed E-state index contributed by atoms with van der Waals surface area (Å²) in [6.45, 7) is 2.71. The number of amides is 1. The Bertz CT molecular complexity index is 1690. The Morgan fingerprint density at radius 1 is 1.03 bits per heavy atom. The van der Waals surface area contributed by atoms with E-state index in [-0.39, 0.29) is 27.4 Å². The minimum Gasteiger partial charge on any atom is -0.493 e. The first-order chi connectivity index (χ1) is 18.7. The van der Waals surface area contributed by atoms with Crippen molar-refractivity contribution < 1.29 is 26.9 Å². The van der Waals surface area contributed by atoms with Crippen LogP contribution in [0.4, 0.5) is 4.39 Å². The molecule has 0 saturated carbocycles. The van der Waals surface area contributed by atoms with Crippen LogP contribution in [0.5, 0.6) is 11.5 Å². The molecule has 0 bridgehead atoms. The molecule has 2 aromatic heterocycles. The smallest absolute Gasteiger partial charge is 0.263 e. The number of aromatic nitrogens is 2. The van der Waals surface area contributed by atoms with E-state index >= 15 is 4.39 Å². The lowest BCUT2D eigenvalue weighted by molar-refractivity contribution is 0.0725. The standard InChI is InChI=1S/C26H26FN3O4/c1-15-11-18-20(28-15)7-8-21(24(18)27)30-14-19(25(31)29-9-5-4-6-10-29)16-12-22(33-2)23(34-3)13-17(16)26(30)32/h7-8,11-14,28H,4-6,9-10H2,1-3H3/i2D3,3D3. The first-order valence-corrected chi connectivity index (χ1v) is 10.9. The summed E-state index contributed by atoms with van der Waals surface area (Å²) in [6, 6.07) is 6.74. The Balaban J connectivity index is 1.81. The second-order valence-corrected chi connectivity index (χ2v) is 8.43. The molecule has 1 amide bonds. The van der Waals surface area contributed by atoms with Crippen LogP contribution in [0.15, 0.2) is 41.3 Å². The number of hydrogen-bond acceptors (Lipinski definition) is 4. The molecule has 1 N–H and O–H groups in total. The van der Waals surface area contributed by atoms with Gasteiger partial charge in [-0.1, -0.05) is 0 Å². The number of benzene rings is 2. The molecule has 5 rings (SSSR count). The van der Waals surface area contributed by atoms with E-state index in [9.17, 15) is 9.59 Å². The summed E-state index contributed by atoms with van der Waals surface area (Å²) in [4.78, 5) is 32.2. The van der Waals surface area contributed by atoms with E-state index in [4.69, 9.17) is 17.7 Å². The summed E-state index contributed by atoms with van der Waals surface area (Å²) in [5, 5.41) is 0.0939. The SMILES string of the molecule is [2H]C([2H])([2H])Oc1cc2c(C(=O)N3CCCCC3)cn(-c3ccc4[nH]c(C)cc4c3F)c(=O)c2cc1OC([2H])([2H])[2H]. The molecule has 176 valence electrons. The number of H-pyrrole nitrogens is 1. The lowest BCUT2D eigenvalue weighted by atomic mass is 10.0. The number of aryl methyl sites for hydroxylation is 1. The third-order valence-electron chi connectivity index (χ3n) is 6.29. The van der Waals surface area contributed by atoms with Crippen molar-refractivity contribution in [3.63, 3.8) is 0 Å². The molecule has 0 aliphatic carbocycles. The summed E-state index contributed by atoms with van der Waals surface area (Å²) in [6.07, 6.45) is 3.75. The van der Waals surface area contributed by atoms with Gasteiger partial charge in [0.05, 0.1) is 38.9 Å². The maximum absolute atomic E-state index is 15.7. The second-order valence-electron chi connectivity index (χ2n) is 8.43. The van der Waals surface area contributed by atoms with Gasteiger partial charge in [-0.15, -0.1) is 0 Å². The predicted octanol–water partition coefficient (Wildman–Crippen LogP) is 4.56. The van der Waals surface area contributed by atoms with Crippen molar-refractivity contribution in [2.45, 2.75) is 26.2 Å². The molecular formula is C26H26FN3O4. The number of halogens is 1. The van der Waals surface area contributed by atoms with Gasteiger partial charge in [0.15, 0.2) is 17.3 Å². The number of fused-ring (bicyclic) bond motifs is 2. The fourth-order valence-corrected chi connectivity index (χ4v) is 4.61. The molecule has 0 radical (unpaired) electrons. The predicted molar refractivity (Wildman–Crippen MR) is 129 cm³/mol. The van der Waals surface area contributed by atoms with Gasteiger partial charge in [-0.05, 0) is 56.5 Å². The fourth-order valence-electron chi connectivity index (χ4n) is 4.61. The van der Waals surface area contributed by atoms with E-state index in [1.807, 2.05) is 0 Å². The lowest BCUT2D eigenvalue weighted by Gasteiger charge is -2.27. The maximum atomic E-state index is 15.7. The number of nitrogens with one attached hydrogen (secondary N) is 1. The first-order valence-electron chi connectivity index (χ1n) is 13.9. The van der Waals surface area contributed by atoms with Crippen LogP contribution in [-0.4, -0.2) is 47.5 Å². The molecule has 4 aromatic rings. The number of aromatic amines is 1. The molecule has 0 unspecified atom stereocenters. The molecule has 7 nitrogen and oxygen atoms in total. The van der Waals surface area contributed by atoms with Crippen molar-refractivity contribution in [3.8, 4) is 17.2 Å². The van der Waals surface area contributed by atoms with Crippen molar-refractivity contribution in [2.75, 3.05) is 27.2 Å². The van der Waals surface area contributed by atoms with Gasteiger partial charge < -0.3 is 19.4 Å². The highest BCUT2D eigenvalue weighted by Crippen LogP contribution is 2.34. The summed E-state index contributed by atoms with van der Waals surface area (Å²) in [7, 11) is -6.00. The average Bonchev–Trinajstić information content (AvgIpc) is 3.25. The minimum atomic E-state index is -3.01. The van der Waals surface area contributed by atoms with Gasteiger partial charge in [0.25, 0.3) is 11.5 Å². The molecule has 1 aliphatic heterocycles. The van der Waals surface area contributed by atoms with Crippen LogP contribution in [0.3, 0.4) is 0 Å². The summed E-state index contributed by atoms with van der Waals surface area (Å²) < 4.78 is 71.8. The summed E-state index contributed by atoms with van der Waals surface area (Å²) in [5.74, 6) is -2.15. The Morgan fingerprint density at radius 2 is 1.74 bits per heavy atom. The Kier molecular flexibility index (Phi) is 3.99. The third-order valence-corrected chi connectivity index (χ3v) is 6.29. The zero-order valence-electron chi connectivity index (χ0n) is 24.4. The van der Waals surface area contributed by atoms with Crippen molar-refractivity contribution in [3.05, 3.63) is 64.0 Å². The number of pyridine rings is 1. The van der Waals surface area contributed by atoms with Gasteiger partial charge in [0.2, 0.25) is 0 Å². The minimum absolute atomic E-state index is 0.00271. The van der Waals surface area contributed by atoms with Gasteiger partial charge in [-0.3, -0.25) is 14.2 Å². The quantitative estimate of drug-likeness (QED) is 0.475. The van der Waals surface area contributed by atoms with E-state index in [0.29, 0.717) is 24.3 Å². The fraction of sp³-hybridized carbons (Fsp3) is 0.308. The van der Waals surface area contributed by atoms with E-state index in [2.05, 4.69) is 4.98 Å². The molecule has 3 heterocycles. The monoisotopic (exact) mass is 469 g/mol. The summed E-state index contributed by atoms with van der Waals surface area (Å²) in [5.41, 5.74) is 0.346. The number of rotatable bonds is 4. The lowest BCUT2D eigenvalue weighted by Crippen LogP contribution is -2.36. The van der Waals surface area contributed by atoms with Crippen molar-refractivity contribution >= 4 is 27.6 Å². The van der Waals surface area contributed by atoms with E-state index in [1.54, 1.807) is 24.0 Å². The number of hydrogen-bond donors (Lipinski definition) is 1. The number of nitrogens with zero attached hydrogens (tertiary/aromatic N) is 2. The Morgan fingerprint density at radius 3 is 2.44 bits per heavy atom. The number of carbonyl (C=O) groups is 1. The first kappa shape index (κ1) is 15.9.